The Morgan fingerprint density at radius 3 is 1.64 bits per heavy atom. The molecular weight excluding hydrogens is 316 g/mol. The predicted molar refractivity (Wildman–Crippen MR) is 102 cm³/mol. The molecule has 0 N–H and O–H groups in total. The molecule has 0 spiro atoms. The van der Waals surface area contributed by atoms with Crippen molar-refractivity contribution in [3.05, 3.63) is 0 Å². The van der Waals surface area contributed by atoms with E-state index in [0.717, 1.165) is 32.1 Å². The van der Waals surface area contributed by atoms with Crippen molar-refractivity contribution in [1.29, 1.82) is 0 Å². The minimum atomic E-state index is -0.0595. The van der Waals surface area contributed by atoms with E-state index in [-0.39, 0.29) is 17.9 Å². The van der Waals surface area contributed by atoms with Crippen LogP contribution in [0.15, 0.2) is 0 Å². The van der Waals surface area contributed by atoms with Crippen LogP contribution in [-0.2, 0) is 19.1 Å². The highest BCUT2D eigenvalue weighted by Gasteiger charge is 2.16. The highest BCUT2D eigenvalue weighted by molar-refractivity contribution is 5.72. The first kappa shape index (κ1) is 23.9. The van der Waals surface area contributed by atoms with Crippen LogP contribution in [0.4, 0.5) is 0 Å². The smallest absolute Gasteiger partial charge is 0.308 e. The van der Waals surface area contributed by atoms with Crippen LogP contribution in [0, 0.1) is 5.92 Å². The zero-order valence-corrected chi connectivity index (χ0v) is 16.8. The first-order chi connectivity index (χ1) is 12.2. The third kappa shape index (κ3) is 14.9. The fourth-order valence-electron chi connectivity index (χ4n) is 3.06. The molecule has 0 radical (unpaired) electrons. The Morgan fingerprint density at radius 1 is 0.680 bits per heavy atom. The molecule has 0 saturated carbocycles. The minimum Gasteiger partial charge on any atom is -0.466 e. The maximum Gasteiger partial charge on any atom is 0.308 e. The molecule has 0 fully saturated rings. The third-order valence-electron chi connectivity index (χ3n) is 4.60. The van der Waals surface area contributed by atoms with E-state index < -0.39 is 0 Å². The Hall–Kier alpha value is -1.06. The van der Waals surface area contributed by atoms with Crippen molar-refractivity contribution in [3.63, 3.8) is 0 Å². The van der Waals surface area contributed by atoms with E-state index in [4.69, 9.17) is 9.47 Å². The Bertz CT molecular complexity index is 328. The van der Waals surface area contributed by atoms with Crippen molar-refractivity contribution in [3.8, 4) is 0 Å². The number of unbranched alkanes of at least 4 members (excludes halogenated alkanes) is 9. The maximum atomic E-state index is 11.7. The van der Waals surface area contributed by atoms with Gasteiger partial charge in [-0.1, -0.05) is 64.7 Å². The highest BCUT2D eigenvalue weighted by Crippen LogP contribution is 2.17. The lowest BCUT2D eigenvalue weighted by molar-refractivity contribution is -0.148. The lowest BCUT2D eigenvalue weighted by atomic mass is 9.98. The zero-order valence-electron chi connectivity index (χ0n) is 16.8. The van der Waals surface area contributed by atoms with Gasteiger partial charge in [0.05, 0.1) is 19.1 Å². The molecule has 0 aliphatic carbocycles. The normalized spacial score (nSPS) is 12.0. The molecular formula is C21H40O4. The van der Waals surface area contributed by atoms with E-state index in [1.54, 1.807) is 0 Å². The first-order valence-electron chi connectivity index (χ1n) is 10.5. The largest absolute Gasteiger partial charge is 0.466 e. The van der Waals surface area contributed by atoms with E-state index in [0.29, 0.717) is 19.6 Å². The Labute approximate surface area is 155 Å². The second kappa shape index (κ2) is 17.8. The van der Waals surface area contributed by atoms with Gasteiger partial charge >= 0.3 is 11.9 Å². The molecule has 0 aromatic rings. The van der Waals surface area contributed by atoms with Gasteiger partial charge in [0.2, 0.25) is 0 Å². The fourth-order valence-corrected chi connectivity index (χ4v) is 3.06. The van der Waals surface area contributed by atoms with Crippen LogP contribution in [-0.4, -0.2) is 25.2 Å². The quantitative estimate of drug-likeness (QED) is 0.243. The van der Waals surface area contributed by atoms with Gasteiger partial charge in [0, 0.05) is 6.42 Å². The van der Waals surface area contributed by atoms with E-state index in [1.807, 2.05) is 13.8 Å². The summed E-state index contributed by atoms with van der Waals surface area (Å²) in [5.74, 6) is 0.0123. The van der Waals surface area contributed by atoms with Crippen LogP contribution in [0.1, 0.15) is 104 Å². The summed E-state index contributed by atoms with van der Waals surface area (Å²) in [6.45, 7) is 6.75. The van der Waals surface area contributed by atoms with Gasteiger partial charge in [0.1, 0.15) is 0 Å². The molecule has 4 nitrogen and oxygen atoms in total. The van der Waals surface area contributed by atoms with Gasteiger partial charge in [-0.25, -0.2) is 0 Å². The van der Waals surface area contributed by atoms with Gasteiger partial charge in [-0.05, 0) is 33.1 Å². The molecule has 0 aliphatic heterocycles. The molecule has 0 aromatic heterocycles. The van der Waals surface area contributed by atoms with Crippen molar-refractivity contribution in [1.82, 2.24) is 0 Å². The Morgan fingerprint density at radius 2 is 1.16 bits per heavy atom. The lowest BCUT2D eigenvalue weighted by Gasteiger charge is -2.13. The van der Waals surface area contributed by atoms with E-state index >= 15 is 0 Å². The molecule has 0 aromatic carbocycles. The number of carbonyl (C=O) groups is 2. The zero-order chi connectivity index (χ0) is 18.8. The van der Waals surface area contributed by atoms with E-state index in [9.17, 15) is 9.59 Å². The van der Waals surface area contributed by atoms with Crippen LogP contribution < -0.4 is 0 Å². The topological polar surface area (TPSA) is 52.6 Å². The van der Waals surface area contributed by atoms with Gasteiger partial charge in [-0.15, -0.1) is 0 Å². The lowest BCUT2D eigenvalue weighted by Crippen LogP contribution is -2.16. The molecule has 4 heteroatoms. The summed E-state index contributed by atoms with van der Waals surface area (Å²) in [4.78, 5) is 22.9. The predicted octanol–water partition coefficient (Wildman–Crippen LogP) is 5.82. The fraction of sp³-hybridized carbons (Fsp3) is 0.905. The van der Waals surface area contributed by atoms with Crippen LogP contribution in [0.5, 0.6) is 0 Å². The summed E-state index contributed by atoms with van der Waals surface area (Å²) in [7, 11) is 0. The number of hydrogen-bond donors (Lipinski definition) is 0. The molecule has 1 atom stereocenters. The van der Waals surface area contributed by atoms with Crippen LogP contribution in [0.25, 0.3) is 0 Å². The van der Waals surface area contributed by atoms with E-state index in [2.05, 4.69) is 6.92 Å². The Kier molecular flexibility index (Phi) is 17.0. The summed E-state index contributed by atoms with van der Waals surface area (Å²) in [5.41, 5.74) is 0. The van der Waals surface area contributed by atoms with Gasteiger partial charge < -0.3 is 9.47 Å². The van der Waals surface area contributed by atoms with Crippen molar-refractivity contribution < 1.29 is 19.1 Å². The second-order valence-electron chi connectivity index (χ2n) is 6.74. The van der Waals surface area contributed by atoms with Gasteiger partial charge in [0.25, 0.3) is 0 Å². The summed E-state index contributed by atoms with van der Waals surface area (Å²) < 4.78 is 10.0. The molecule has 148 valence electrons. The van der Waals surface area contributed by atoms with Crippen LogP contribution in [0.3, 0.4) is 0 Å². The molecule has 0 aliphatic rings. The summed E-state index contributed by atoms with van der Waals surface area (Å²) in [5, 5.41) is 0. The number of hydrogen-bond acceptors (Lipinski definition) is 4. The standard InChI is InChI=1S/C21H40O4/c1-4-19(21(23)25-6-3)17-15-13-11-9-7-8-10-12-14-16-18-20(22)24-5-2/h19H,4-18H2,1-3H3. The molecule has 0 bridgehead atoms. The number of rotatable bonds is 17. The molecule has 1 unspecified atom stereocenters. The summed E-state index contributed by atoms with van der Waals surface area (Å²) in [6.07, 6.45) is 14.5. The Balaban J connectivity index is 3.33. The minimum absolute atomic E-state index is 0.0204. The SMILES string of the molecule is CCOC(=O)CCCCCCCCCCCCC(CC)C(=O)OCC. The average Bonchev–Trinajstić information content (AvgIpc) is 2.59. The summed E-state index contributed by atoms with van der Waals surface area (Å²) in [6, 6.07) is 0. The third-order valence-corrected chi connectivity index (χ3v) is 4.60. The molecule has 0 saturated heterocycles. The van der Waals surface area contributed by atoms with Crippen LogP contribution in [0.2, 0.25) is 0 Å². The van der Waals surface area contributed by atoms with Crippen molar-refractivity contribution in [2.45, 2.75) is 104 Å². The molecule has 0 heterocycles. The first-order valence-corrected chi connectivity index (χ1v) is 10.5. The molecule has 0 rings (SSSR count). The van der Waals surface area contributed by atoms with Crippen molar-refractivity contribution in [2.24, 2.45) is 5.92 Å². The highest BCUT2D eigenvalue weighted by atomic mass is 16.5. The van der Waals surface area contributed by atoms with Gasteiger partial charge in [0.15, 0.2) is 0 Å². The number of carbonyl (C=O) groups excluding carboxylic acids is 2. The van der Waals surface area contributed by atoms with Crippen molar-refractivity contribution in [2.75, 3.05) is 13.2 Å². The molecule has 25 heavy (non-hydrogen) atoms. The van der Waals surface area contributed by atoms with Gasteiger partial charge in [-0.3, -0.25) is 9.59 Å². The van der Waals surface area contributed by atoms with Gasteiger partial charge in [-0.2, -0.15) is 0 Å². The second-order valence-corrected chi connectivity index (χ2v) is 6.74. The number of esters is 2. The number of ether oxygens (including phenoxy) is 2. The van der Waals surface area contributed by atoms with Crippen molar-refractivity contribution >= 4 is 11.9 Å². The van der Waals surface area contributed by atoms with E-state index in [1.165, 1.54) is 44.9 Å². The maximum absolute atomic E-state index is 11.7. The average molecular weight is 357 g/mol. The summed E-state index contributed by atoms with van der Waals surface area (Å²) >= 11 is 0. The monoisotopic (exact) mass is 356 g/mol. The molecule has 0 amide bonds. The van der Waals surface area contributed by atoms with Crippen LogP contribution >= 0.6 is 0 Å².